The fourth-order valence-corrected chi connectivity index (χ4v) is 6.87. The maximum absolute atomic E-state index is 13.4. The molecule has 1 atom stereocenters. The van der Waals surface area contributed by atoms with Gasteiger partial charge < -0.3 is 9.84 Å². The Hall–Kier alpha value is -2.56. The van der Waals surface area contributed by atoms with Gasteiger partial charge in [-0.1, -0.05) is 24.2 Å². The quantitative estimate of drug-likeness (QED) is 0.579. The lowest BCUT2D eigenvalue weighted by atomic mass is 9.98. The topological polar surface area (TPSA) is 105 Å². The van der Waals surface area contributed by atoms with E-state index in [1.807, 2.05) is 24.3 Å². The lowest BCUT2D eigenvalue weighted by molar-refractivity contribution is -0.120. The number of aromatic nitrogens is 2. The standard InChI is InChI=1S/C22H26N4O4S2/c1-4-16-7-5-9-18(11-16)24-22(27)17-8-6-10-26(13-17)32(28,29)20-12-19(31-14(20)2)21-23-15(3)30-25-21/h5,7,9,11-12,17H,4,6,8,10,13H2,1-3H3,(H,24,27)/t17-/m0/s1. The van der Waals surface area contributed by atoms with Gasteiger partial charge in [-0.25, -0.2) is 8.42 Å². The molecule has 0 radical (unpaired) electrons. The number of nitrogens with zero attached hydrogens (tertiary/aromatic N) is 3. The van der Waals surface area contributed by atoms with E-state index in [2.05, 4.69) is 22.4 Å². The van der Waals surface area contributed by atoms with Gasteiger partial charge in [0, 0.05) is 30.6 Å². The Morgan fingerprint density at radius 3 is 2.84 bits per heavy atom. The summed E-state index contributed by atoms with van der Waals surface area (Å²) in [5.41, 5.74) is 1.87. The molecule has 170 valence electrons. The van der Waals surface area contributed by atoms with Crippen molar-refractivity contribution in [3.8, 4) is 10.7 Å². The van der Waals surface area contributed by atoms with Gasteiger partial charge in [-0.2, -0.15) is 9.29 Å². The molecule has 4 rings (SSSR count). The average molecular weight is 475 g/mol. The predicted octanol–water partition coefficient (Wildman–Crippen LogP) is 4.02. The summed E-state index contributed by atoms with van der Waals surface area (Å²) in [4.78, 5) is 18.6. The van der Waals surface area contributed by atoms with Crippen LogP contribution in [0.1, 0.15) is 36.1 Å². The van der Waals surface area contributed by atoms with Gasteiger partial charge in [-0.05, 0) is 49.9 Å². The van der Waals surface area contributed by atoms with Gasteiger partial charge in [0.1, 0.15) is 0 Å². The molecule has 0 saturated carbocycles. The Morgan fingerprint density at radius 1 is 1.31 bits per heavy atom. The Kier molecular flexibility index (Phi) is 6.45. The van der Waals surface area contributed by atoms with Crippen LogP contribution in [0.2, 0.25) is 0 Å². The molecule has 2 aromatic heterocycles. The highest BCUT2D eigenvalue weighted by atomic mass is 32.2. The minimum atomic E-state index is -3.75. The zero-order chi connectivity index (χ0) is 22.9. The summed E-state index contributed by atoms with van der Waals surface area (Å²) in [7, 11) is -3.75. The van der Waals surface area contributed by atoms with Crippen LogP contribution in [0.5, 0.6) is 0 Å². The smallest absolute Gasteiger partial charge is 0.244 e. The minimum Gasteiger partial charge on any atom is -0.339 e. The van der Waals surface area contributed by atoms with Gasteiger partial charge in [0.2, 0.25) is 27.6 Å². The molecule has 0 spiro atoms. The monoisotopic (exact) mass is 474 g/mol. The first-order valence-corrected chi connectivity index (χ1v) is 12.8. The Morgan fingerprint density at radius 2 is 2.12 bits per heavy atom. The normalized spacial score (nSPS) is 17.4. The molecule has 1 fully saturated rings. The van der Waals surface area contributed by atoms with Crippen molar-refractivity contribution >= 4 is 33.0 Å². The molecule has 32 heavy (non-hydrogen) atoms. The highest BCUT2D eigenvalue weighted by Crippen LogP contribution is 2.35. The molecule has 1 aliphatic rings. The van der Waals surface area contributed by atoms with Gasteiger partial charge in [-0.3, -0.25) is 4.79 Å². The van der Waals surface area contributed by atoms with Crippen LogP contribution in [0.25, 0.3) is 10.7 Å². The second kappa shape index (κ2) is 9.13. The molecule has 10 heteroatoms. The van der Waals surface area contributed by atoms with Crippen LogP contribution in [0.15, 0.2) is 39.8 Å². The van der Waals surface area contributed by atoms with Crippen molar-refractivity contribution in [2.24, 2.45) is 5.92 Å². The number of carbonyl (C=O) groups excluding carboxylic acids is 1. The summed E-state index contributed by atoms with van der Waals surface area (Å²) in [5, 5.41) is 6.84. The molecular formula is C22H26N4O4S2. The summed E-state index contributed by atoms with van der Waals surface area (Å²) in [6.45, 7) is 6.06. The Balaban J connectivity index is 1.51. The zero-order valence-corrected chi connectivity index (χ0v) is 19.9. The van der Waals surface area contributed by atoms with Gasteiger partial charge in [0.15, 0.2) is 0 Å². The summed E-state index contributed by atoms with van der Waals surface area (Å²) in [6.07, 6.45) is 2.16. The molecule has 1 saturated heterocycles. The number of piperidine rings is 1. The van der Waals surface area contributed by atoms with Crippen LogP contribution in [-0.4, -0.2) is 41.9 Å². The average Bonchev–Trinajstić information content (AvgIpc) is 3.39. The summed E-state index contributed by atoms with van der Waals surface area (Å²) in [5.74, 6) is 0.248. The van der Waals surface area contributed by atoms with E-state index in [1.165, 1.54) is 15.6 Å². The lowest BCUT2D eigenvalue weighted by Gasteiger charge is -2.31. The van der Waals surface area contributed by atoms with Gasteiger partial charge in [0.05, 0.1) is 15.7 Å². The number of carbonyl (C=O) groups is 1. The van der Waals surface area contributed by atoms with E-state index >= 15 is 0 Å². The number of hydrogen-bond donors (Lipinski definition) is 1. The van der Waals surface area contributed by atoms with Crippen molar-refractivity contribution in [2.45, 2.75) is 44.9 Å². The van der Waals surface area contributed by atoms with Crippen molar-refractivity contribution in [1.29, 1.82) is 0 Å². The van der Waals surface area contributed by atoms with Crippen molar-refractivity contribution in [1.82, 2.24) is 14.4 Å². The number of thiophene rings is 1. The molecule has 0 bridgehead atoms. The predicted molar refractivity (Wildman–Crippen MR) is 123 cm³/mol. The fraction of sp³-hybridized carbons (Fsp3) is 0.409. The van der Waals surface area contributed by atoms with Crippen LogP contribution in [0, 0.1) is 19.8 Å². The lowest BCUT2D eigenvalue weighted by Crippen LogP contribution is -2.43. The molecule has 3 aromatic rings. The molecule has 1 amide bonds. The second-order valence-corrected chi connectivity index (χ2v) is 11.1. The van der Waals surface area contributed by atoms with Crippen LogP contribution >= 0.6 is 11.3 Å². The van der Waals surface area contributed by atoms with E-state index in [0.29, 0.717) is 40.9 Å². The van der Waals surface area contributed by atoms with Gasteiger partial charge >= 0.3 is 0 Å². The number of hydrogen-bond acceptors (Lipinski definition) is 7. The molecule has 8 nitrogen and oxygen atoms in total. The molecular weight excluding hydrogens is 448 g/mol. The number of nitrogens with one attached hydrogen (secondary N) is 1. The second-order valence-electron chi connectivity index (χ2n) is 7.91. The molecule has 1 aliphatic heterocycles. The van der Waals surface area contributed by atoms with E-state index in [4.69, 9.17) is 4.52 Å². The van der Waals surface area contributed by atoms with Crippen LogP contribution in [0.3, 0.4) is 0 Å². The fourth-order valence-electron chi connectivity index (χ4n) is 3.86. The number of rotatable bonds is 6. The third kappa shape index (κ3) is 4.62. The van der Waals surface area contributed by atoms with E-state index in [1.54, 1.807) is 19.9 Å². The van der Waals surface area contributed by atoms with Gasteiger partial charge in [0.25, 0.3) is 0 Å². The third-order valence-corrected chi connectivity index (χ3v) is 8.76. The van der Waals surface area contributed by atoms with Crippen molar-refractivity contribution < 1.29 is 17.7 Å². The first kappa shape index (κ1) is 22.6. The van der Waals surface area contributed by atoms with E-state index in [0.717, 1.165) is 17.7 Å². The van der Waals surface area contributed by atoms with E-state index < -0.39 is 15.9 Å². The molecule has 3 heterocycles. The SMILES string of the molecule is CCc1cccc(NC(=O)[C@H]2CCCN(S(=O)(=O)c3cc(-c4noc(C)n4)sc3C)C2)c1. The first-order chi connectivity index (χ1) is 15.3. The Labute approximate surface area is 191 Å². The maximum atomic E-state index is 13.4. The highest BCUT2D eigenvalue weighted by molar-refractivity contribution is 7.89. The van der Waals surface area contributed by atoms with Crippen LogP contribution in [0.4, 0.5) is 5.69 Å². The summed E-state index contributed by atoms with van der Waals surface area (Å²) < 4.78 is 33.2. The molecule has 0 unspecified atom stereocenters. The van der Waals surface area contributed by atoms with Crippen LogP contribution < -0.4 is 5.32 Å². The van der Waals surface area contributed by atoms with E-state index in [9.17, 15) is 13.2 Å². The summed E-state index contributed by atoms with van der Waals surface area (Å²) >= 11 is 1.31. The number of benzene rings is 1. The maximum Gasteiger partial charge on any atom is 0.244 e. The molecule has 0 aliphatic carbocycles. The number of anilines is 1. The van der Waals surface area contributed by atoms with E-state index in [-0.39, 0.29) is 17.3 Å². The Bertz CT molecular complexity index is 1230. The molecule has 1 N–H and O–H groups in total. The number of sulfonamides is 1. The first-order valence-electron chi connectivity index (χ1n) is 10.6. The molecule has 1 aromatic carbocycles. The zero-order valence-electron chi connectivity index (χ0n) is 18.3. The minimum absolute atomic E-state index is 0.150. The van der Waals surface area contributed by atoms with Crippen molar-refractivity contribution in [3.63, 3.8) is 0 Å². The van der Waals surface area contributed by atoms with Crippen molar-refractivity contribution in [2.75, 3.05) is 18.4 Å². The number of aryl methyl sites for hydroxylation is 3. The van der Waals surface area contributed by atoms with Crippen molar-refractivity contribution in [3.05, 3.63) is 46.7 Å². The third-order valence-electron chi connectivity index (χ3n) is 5.60. The van der Waals surface area contributed by atoms with Gasteiger partial charge in [-0.15, -0.1) is 11.3 Å². The summed E-state index contributed by atoms with van der Waals surface area (Å²) in [6, 6.07) is 9.32. The highest BCUT2D eigenvalue weighted by Gasteiger charge is 2.35. The number of amides is 1. The van der Waals surface area contributed by atoms with Crippen LogP contribution in [-0.2, 0) is 21.2 Å². The largest absolute Gasteiger partial charge is 0.339 e.